The van der Waals surface area contributed by atoms with Gasteiger partial charge in [0.2, 0.25) is 21.8 Å². The molecule has 0 aliphatic carbocycles. The Kier molecular flexibility index (Phi) is 9.24. The lowest BCUT2D eigenvalue weighted by molar-refractivity contribution is -0.140. The Balaban J connectivity index is 2.42. The van der Waals surface area contributed by atoms with Crippen LogP contribution >= 0.6 is 11.6 Å². The maximum absolute atomic E-state index is 13.6. The Morgan fingerprint density at radius 2 is 1.58 bits per heavy atom. The molecule has 0 fully saturated rings. The van der Waals surface area contributed by atoms with E-state index in [1.807, 2.05) is 32.9 Å². The lowest BCUT2D eigenvalue weighted by Gasteiger charge is -2.33. The van der Waals surface area contributed by atoms with Gasteiger partial charge in [0.05, 0.1) is 11.9 Å². The van der Waals surface area contributed by atoms with E-state index in [-0.39, 0.29) is 17.9 Å². The molecule has 2 aromatic rings. The van der Waals surface area contributed by atoms with Crippen LogP contribution in [0, 0.1) is 0 Å². The third-order valence-electron chi connectivity index (χ3n) is 5.61. The van der Waals surface area contributed by atoms with Crippen LogP contribution in [-0.4, -0.2) is 49.5 Å². The number of nitrogens with one attached hydrogen (secondary N) is 1. The van der Waals surface area contributed by atoms with Gasteiger partial charge in [0.25, 0.3) is 0 Å². The molecule has 7 nitrogen and oxygen atoms in total. The van der Waals surface area contributed by atoms with Gasteiger partial charge in [-0.1, -0.05) is 56.6 Å². The fraction of sp³-hybridized carbons (Fsp3) is 0.481. The van der Waals surface area contributed by atoms with Crippen LogP contribution in [0.3, 0.4) is 0 Å². The summed E-state index contributed by atoms with van der Waals surface area (Å²) in [7, 11) is -3.79. The minimum atomic E-state index is -3.79. The van der Waals surface area contributed by atoms with Crippen molar-refractivity contribution < 1.29 is 18.0 Å². The lowest BCUT2D eigenvalue weighted by atomic mass is 9.87. The summed E-state index contributed by atoms with van der Waals surface area (Å²) in [6.07, 6.45) is 1.06. The summed E-state index contributed by atoms with van der Waals surface area (Å²) in [4.78, 5) is 28.0. The second-order valence-corrected chi connectivity index (χ2v) is 13.5. The average molecular weight is 536 g/mol. The van der Waals surface area contributed by atoms with Gasteiger partial charge in [-0.3, -0.25) is 13.9 Å². The Labute approximate surface area is 220 Å². The van der Waals surface area contributed by atoms with Crippen molar-refractivity contribution in [3.8, 4) is 0 Å². The highest BCUT2D eigenvalue weighted by Gasteiger charge is 2.31. The zero-order chi connectivity index (χ0) is 27.5. The van der Waals surface area contributed by atoms with Gasteiger partial charge >= 0.3 is 0 Å². The Morgan fingerprint density at radius 3 is 2.06 bits per heavy atom. The van der Waals surface area contributed by atoms with Crippen LogP contribution in [0.25, 0.3) is 0 Å². The fourth-order valence-corrected chi connectivity index (χ4v) is 4.69. The number of carbonyl (C=O) groups excluding carboxylic acids is 2. The van der Waals surface area contributed by atoms with E-state index < -0.39 is 34.1 Å². The first-order valence-corrected chi connectivity index (χ1v) is 14.1. The summed E-state index contributed by atoms with van der Waals surface area (Å²) in [6, 6.07) is 13.3. The molecule has 2 rings (SSSR count). The molecule has 0 heterocycles. The first kappa shape index (κ1) is 29.6. The molecule has 0 saturated heterocycles. The van der Waals surface area contributed by atoms with Gasteiger partial charge in [0.1, 0.15) is 12.6 Å². The molecule has 2 amide bonds. The monoisotopic (exact) mass is 535 g/mol. The Hall–Kier alpha value is -2.58. The van der Waals surface area contributed by atoms with E-state index in [0.717, 1.165) is 21.7 Å². The highest BCUT2D eigenvalue weighted by molar-refractivity contribution is 7.92. The van der Waals surface area contributed by atoms with E-state index >= 15 is 0 Å². The number of hydrogen-bond acceptors (Lipinski definition) is 4. The normalized spacial score (nSPS) is 13.1. The highest BCUT2D eigenvalue weighted by Crippen LogP contribution is 2.26. The minimum absolute atomic E-state index is 0.0959. The molecule has 2 aromatic carbocycles. The first-order chi connectivity index (χ1) is 16.4. The molecular weight excluding hydrogens is 498 g/mol. The number of carbonyl (C=O) groups is 2. The van der Waals surface area contributed by atoms with Gasteiger partial charge in [-0.15, -0.1) is 0 Å². The minimum Gasteiger partial charge on any atom is -0.350 e. The maximum Gasteiger partial charge on any atom is 0.244 e. The van der Waals surface area contributed by atoms with E-state index in [1.54, 1.807) is 43.3 Å². The second kappa shape index (κ2) is 11.2. The van der Waals surface area contributed by atoms with Crippen molar-refractivity contribution in [2.24, 2.45) is 0 Å². The third-order valence-corrected chi connectivity index (χ3v) is 6.98. The molecule has 0 saturated carbocycles. The average Bonchev–Trinajstić information content (AvgIpc) is 2.72. The predicted molar refractivity (Wildman–Crippen MR) is 147 cm³/mol. The zero-order valence-electron chi connectivity index (χ0n) is 22.4. The first-order valence-electron chi connectivity index (χ1n) is 11.8. The van der Waals surface area contributed by atoms with Crippen molar-refractivity contribution in [3.63, 3.8) is 0 Å². The number of halogens is 1. The van der Waals surface area contributed by atoms with Gasteiger partial charge in [-0.05, 0) is 68.5 Å². The molecule has 0 aliphatic rings. The summed E-state index contributed by atoms with van der Waals surface area (Å²) < 4.78 is 26.5. The molecule has 198 valence electrons. The highest BCUT2D eigenvalue weighted by atomic mass is 35.5. The molecule has 0 radical (unpaired) electrons. The van der Waals surface area contributed by atoms with Crippen molar-refractivity contribution in [2.75, 3.05) is 17.1 Å². The molecule has 0 aromatic heterocycles. The number of amides is 2. The van der Waals surface area contributed by atoms with Gasteiger partial charge in [-0.2, -0.15) is 0 Å². The van der Waals surface area contributed by atoms with E-state index in [0.29, 0.717) is 10.7 Å². The quantitative estimate of drug-likeness (QED) is 0.529. The van der Waals surface area contributed by atoms with E-state index in [9.17, 15) is 18.0 Å². The van der Waals surface area contributed by atoms with Crippen molar-refractivity contribution >= 4 is 39.1 Å². The molecule has 0 unspecified atom stereocenters. The number of rotatable bonds is 8. The van der Waals surface area contributed by atoms with Gasteiger partial charge in [0.15, 0.2) is 0 Å². The van der Waals surface area contributed by atoms with Crippen molar-refractivity contribution in [2.45, 2.75) is 72.0 Å². The summed E-state index contributed by atoms with van der Waals surface area (Å²) >= 11 is 6.14. The van der Waals surface area contributed by atoms with Crippen LogP contribution in [0.1, 0.15) is 59.6 Å². The largest absolute Gasteiger partial charge is 0.350 e. The van der Waals surface area contributed by atoms with Crippen molar-refractivity contribution in [1.82, 2.24) is 10.2 Å². The zero-order valence-corrected chi connectivity index (χ0v) is 24.0. The molecule has 9 heteroatoms. The molecule has 1 N–H and O–H groups in total. The predicted octanol–water partition coefficient (Wildman–Crippen LogP) is 4.74. The summed E-state index contributed by atoms with van der Waals surface area (Å²) in [5.41, 5.74) is 1.55. The standard InChI is InChI=1S/C27H38ClN3O4S/c1-19(25(33)29-27(5,6)7)30(17-20-10-9-11-22(28)16-20)24(32)18-31(36(8,34)35)23-14-12-21(13-15-23)26(2,3)4/h9-16,19H,17-18H2,1-8H3,(H,29,33)/t19-/m0/s1. The van der Waals surface area contributed by atoms with E-state index in [1.165, 1.54) is 4.90 Å². The van der Waals surface area contributed by atoms with Gasteiger partial charge in [0, 0.05) is 17.1 Å². The SMILES string of the molecule is C[C@@H](C(=O)NC(C)(C)C)N(Cc1cccc(Cl)c1)C(=O)CN(c1ccc(C(C)(C)C)cc1)S(C)(=O)=O. The summed E-state index contributed by atoms with van der Waals surface area (Å²) in [5.74, 6) is -0.838. The topological polar surface area (TPSA) is 86.8 Å². The Bertz CT molecular complexity index is 1180. The van der Waals surface area contributed by atoms with Gasteiger partial charge < -0.3 is 10.2 Å². The molecular formula is C27H38ClN3O4S. The molecule has 1 atom stereocenters. The fourth-order valence-electron chi connectivity index (χ4n) is 3.63. The van der Waals surface area contributed by atoms with Crippen molar-refractivity contribution in [3.05, 3.63) is 64.7 Å². The summed E-state index contributed by atoms with van der Waals surface area (Å²) in [5, 5.41) is 3.40. The molecule has 36 heavy (non-hydrogen) atoms. The van der Waals surface area contributed by atoms with Crippen LogP contribution < -0.4 is 9.62 Å². The summed E-state index contributed by atoms with van der Waals surface area (Å²) in [6.45, 7) is 13.0. The van der Waals surface area contributed by atoms with Crippen LogP contribution in [0.5, 0.6) is 0 Å². The number of sulfonamides is 1. The lowest BCUT2D eigenvalue weighted by Crippen LogP contribution is -2.54. The molecule has 0 bridgehead atoms. The number of anilines is 1. The van der Waals surface area contributed by atoms with E-state index in [2.05, 4.69) is 26.1 Å². The molecule has 0 aliphatic heterocycles. The maximum atomic E-state index is 13.6. The third kappa shape index (κ3) is 8.52. The van der Waals surface area contributed by atoms with Gasteiger partial charge in [-0.25, -0.2) is 8.42 Å². The molecule has 0 spiro atoms. The van der Waals surface area contributed by atoms with Crippen LogP contribution in [0.15, 0.2) is 48.5 Å². The van der Waals surface area contributed by atoms with Crippen LogP contribution in [0.4, 0.5) is 5.69 Å². The Morgan fingerprint density at radius 1 is 1.00 bits per heavy atom. The number of nitrogens with zero attached hydrogens (tertiary/aromatic N) is 2. The van der Waals surface area contributed by atoms with Crippen LogP contribution in [0.2, 0.25) is 5.02 Å². The second-order valence-electron chi connectivity index (χ2n) is 11.1. The van der Waals surface area contributed by atoms with Crippen LogP contribution in [-0.2, 0) is 31.6 Å². The number of hydrogen-bond donors (Lipinski definition) is 1. The smallest absolute Gasteiger partial charge is 0.244 e. The van der Waals surface area contributed by atoms with E-state index in [4.69, 9.17) is 11.6 Å². The van der Waals surface area contributed by atoms with Crippen molar-refractivity contribution in [1.29, 1.82) is 0 Å². The number of benzene rings is 2.